The number of carbonyl (C=O) groups excluding carboxylic acids is 1. The summed E-state index contributed by atoms with van der Waals surface area (Å²) in [5, 5.41) is 6.97. The van der Waals surface area contributed by atoms with Gasteiger partial charge in [-0.1, -0.05) is 42.5 Å². The molecule has 2 aromatic heterocycles. The topological polar surface area (TPSA) is 67.4 Å². The molecule has 1 aliphatic heterocycles. The molecule has 1 fully saturated rings. The Morgan fingerprint density at radius 1 is 1.00 bits per heavy atom. The summed E-state index contributed by atoms with van der Waals surface area (Å²) in [5.74, 6) is -0.148. The van der Waals surface area contributed by atoms with E-state index in [4.69, 9.17) is 9.72 Å². The van der Waals surface area contributed by atoms with Crippen molar-refractivity contribution in [3.8, 4) is 22.5 Å². The minimum Gasteiger partial charge on any atom is -0.378 e. The Balaban J connectivity index is 1.31. The van der Waals surface area contributed by atoms with Crippen LogP contribution in [0.4, 0.5) is 10.8 Å². The fourth-order valence-corrected chi connectivity index (χ4v) is 5.31. The van der Waals surface area contributed by atoms with Crippen molar-refractivity contribution in [1.82, 2.24) is 9.97 Å². The molecule has 2 aromatic carbocycles. The van der Waals surface area contributed by atoms with Gasteiger partial charge in [0, 0.05) is 35.3 Å². The molecule has 6 nitrogen and oxygen atoms in total. The zero-order valence-corrected chi connectivity index (χ0v) is 19.2. The standard InChI is InChI=1S/C24H22N4O2S2/c1-16-25-21(18-5-3-2-4-6-18)22(32-16)23(29)26-19-9-7-17(8-10-19)20-15-31-24(27-20)28-11-13-30-14-12-28/h2-10,15H,11-14H2,1H3,(H,26,29). The fourth-order valence-electron chi connectivity index (χ4n) is 3.58. The maximum absolute atomic E-state index is 13.0. The van der Waals surface area contributed by atoms with Crippen LogP contribution >= 0.6 is 22.7 Å². The van der Waals surface area contributed by atoms with E-state index in [0.717, 1.165) is 64.6 Å². The monoisotopic (exact) mass is 462 g/mol. The average molecular weight is 463 g/mol. The van der Waals surface area contributed by atoms with Crippen molar-refractivity contribution >= 4 is 39.4 Å². The summed E-state index contributed by atoms with van der Waals surface area (Å²) in [4.78, 5) is 25.2. The van der Waals surface area contributed by atoms with Crippen molar-refractivity contribution in [1.29, 1.82) is 0 Å². The van der Waals surface area contributed by atoms with Crippen LogP contribution in [0, 0.1) is 6.92 Å². The van der Waals surface area contributed by atoms with Gasteiger partial charge in [0.25, 0.3) is 5.91 Å². The Labute approximate surface area is 194 Å². The molecule has 5 rings (SSSR count). The van der Waals surface area contributed by atoms with Crippen LogP contribution in [-0.2, 0) is 4.74 Å². The number of anilines is 2. The lowest BCUT2D eigenvalue weighted by Gasteiger charge is -2.26. The lowest BCUT2D eigenvalue weighted by atomic mass is 10.1. The zero-order chi connectivity index (χ0) is 21.9. The number of morpholine rings is 1. The second-order valence-electron chi connectivity index (χ2n) is 7.42. The first-order valence-electron chi connectivity index (χ1n) is 10.4. The average Bonchev–Trinajstić information content (AvgIpc) is 3.48. The zero-order valence-electron chi connectivity index (χ0n) is 17.6. The Hall–Kier alpha value is -3.07. The van der Waals surface area contributed by atoms with Gasteiger partial charge in [0.1, 0.15) is 4.88 Å². The van der Waals surface area contributed by atoms with Gasteiger partial charge in [-0.3, -0.25) is 4.79 Å². The molecule has 0 radical (unpaired) electrons. The van der Waals surface area contributed by atoms with E-state index in [1.54, 1.807) is 11.3 Å². The highest BCUT2D eigenvalue weighted by Gasteiger charge is 2.19. The number of rotatable bonds is 5. The van der Waals surface area contributed by atoms with Gasteiger partial charge in [-0.25, -0.2) is 9.97 Å². The molecule has 8 heteroatoms. The van der Waals surface area contributed by atoms with Crippen molar-refractivity contribution in [2.75, 3.05) is 36.5 Å². The summed E-state index contributed by atoms with van der Waals surface area (Å²) >= 11 is 3.06. The second kappa shape index (κ2) is 9.20. The van der Waals surface area contributed by atoms with Crippen molar-refractivity contribution in [3.63, 3.8) is 0 Å². The van der Waals surface area contributed by atoms with Gasteiger partial charge in [0.05, 0.1) is 29.6 Å². The normalized spacial score (nSPS) is 13.8. The van der Waals surface area contributed by atoms with Crippen LogP contribution in [-0.4, -0.2) is 42.2 Å². The van der Waals surface area contributed by atoms with E-state index in [9.17, 15) is 4.79 Å². The molecular formula is C24H22N4O2S2. The van der Waals surface area contributed by atoms with Crippen molar-refractivity contribution in [2.45, 2.75) is 6.92 Å². The first kappa shape index (κ1) is 20.8. The smallest absolute Gasteiger partial charge is 0.268 e. The third kappa shape index (κ3) is 4.43. The third-order valence-corrected chi connectivity index (χ3v) is 7.07. The van der Waals surface area contributed by atoms with Crippen LogP contribution in [0.5, 0.6) is 0 Å². The summed E-state index contributed by atoms with van der Waals surface area (Å²) in [6.07, 6.45) is 0. The van der Waals surface area contributed by atoms with Gasteiger partial charge in [-0.15, -0.1) is 22.7 Å². The summed E-state index contributed by atoms with van der Waals surface area (Å²) in [5.41, 5.74) is 4.38. The molecule has 1 amide bonds. The Bertz CT molecular complexity index is 1210. The number of nitrogens with zero attached hydrogens (tertiary/aromatic N) is 3. The number of amides is 1. The molecule has 0 saturated carbocycles. The molecular weight excluding hydrogens is 440 g/mol. The maximum atomic E-state index is 13.0. The highest BCUT2D eigenvalue weighted by atomic mass is 32.1. The molecule has 32 heavy (non-hydrogen) atoms. The number of thiazole rings is 2. The van der Waals surface area contributed by atoms with Crippen molar-refractivity contribution in [3.05, 3.63) is 69.9 Å². The van der Waals surface area contributed by atoms with Crippen LogP contribution in [0.3, 0.4) is 0 Å². The summed E-state index contributed by atoms with van der Waals surface area (Å²) in [6.45, 7) is 5.16. The van der Waals surface area contributed by atoms with Gasteiger partial charge in [-0.05, 0) is 19.1 Å². The highest BCUT2D eigenvalue weighted by molar-refractivity contribution is 7.14. The Morgan fingerprint density at radius 2 is 1.75 bits per heavy atom. The van der Waals surface area contributed by atoms with Crippen LogP contribution in [0.2, 0.25) is 0 Å². The van der Waals surface area contributed by atoms with Gasteiger partial charge in [0.2, 0.25) is 0 Å². The predicted octanol–water partition coefficient (Wildman–Crippen LogP) is 5.33. The minimum absolute atomic E-state index is 0.148. The van der Waals surface area contributed by atoms with E-state index in [-0.39, 0.29) is 5.91 Å². The van der Waals surface area contributed by atoms with Gasteiger partial charge in [0.15, 0.2) is 5.13 Å². The number of aromatic nitrogens is 2. The number of nitrogens with one attached hydrogen (secondary N) is 1. The minimum atomic E-state index is -0.148. The van der Waals surface area contributed by atoms with Crippen LogP contribution < -0.4 is 10.2 Å². The van der Waals surface area contributed by atoms with Crippen LogP contribution in [0.15, 0.2) is 60.0 Å². The third-order valence-electron chi connectivity index (χ3n) is 5.20. The molecule has 0 unspecified atom stereocenters. The highest BCUT2D eigenvalue weighted by Crippen LogP contribution is 2.30. The quantitative estimate of drug-likeness (QED) is 0.434. The number of hydrogen-bond donors (Lipinski definition) is 1. The SMILES string of the molecule is Cc1nc(-c2ccccc2)c(C(=O)Nc2ccc(-c3csc(N4CCOCC4)n3)cc2)s1. The molecule has 1 N–H and O–H groups in total. The molecule has 3 heterocycles. The molecule has 4 aromatic rings. The summed E-state index contributed by atoms with van der Waals surface area (Å²) in [6, 6.07) is 17.6. The number of aryl methyl sites for hydroxylation is 1. The van der Waals surface area contributed by atoms with Gasteiger partial charge in [-0.2, -0.15) is 0 Å². The van der Waals surface area contributed by atoms with E-state index < -0.39 is 0 Å². The number of ether oxygens (including phenoxy) is 1. The van der Waals surface area contributed by atoms with E-state index >= 15 is 0 Å². The van der Waals surface area contributed by atoms with E-state index in [1.165, 1.54) is 11.3 Å². The summed E-state index contributed by atoms with van der Waals surface area (Å²) < 4.78 is 5.42. The fraction of sp³-hybridized carbons (Fsp3) is 0.208. The van der Waals surface area contributed by atoms with E-state index in [2.05, 4.69) is 20.6 Å². The maximum Gasteiger partial charge on any atom is 0.268 e. The van der Waals surface area contributed by atoms with Gasteiger partial charge < -0.3 is 15.0 Å². The number of benzene rings is 2. The first-order chi connectivity index (χ1) is 15.7. The lowest BCUT2D eigenvalue weighted by Crippen LogP contribution is -2.36. The molecule has 162 valence electrons. The van der Waals surface area contributed by atoms with E-state index in [0.29, 0.717) is 4.88 Å². The van der Waals surface area contributed by atoms with Crippen LogP contribution in [0.1, 0.15) is 14.7 Å². The summed E-state index contributed by atoms with van der Waals surface area (Å²) in [7, 11) is 0. The molecule has 1 aliphatic rings. The lowest BCUT2D eigenvalue weighted by molar-refractivity contribution is 0.103. The largest absolute Gasteiger partial charge is 0.378 e. The molecule has 0 spiro atoms. The second-order valence-corrected chi connectivity index (χ2v) is 9.46. The Morgan fingerprint density at radius 3 is 2.50 bits per heavy atom. The molecule has 0 aliphatic carbocycles. The number of hydrogen-bond acceptors (Lipinski definition) is 7. The van der Waals surface area contributed by atoms with Crippen molar-refractivity contribution in [2.24, 2.45) is 0 Å². The van der Waals surface area contributed by atoms with Gasteiger partial charge >= 0.3 is 0 Å². The first-order valence-corrected chi connectivity index (χ1v) is 12.1. The van der Waals surface area contributed by atoms with Crippen molar-refractivity contribution < 1.29 is 9.53 Å². The molecule has 0 bridgehead atoms. The number of carbonyl (C=O) groups is 1. The predicted molar refractivity (Wildman–Crippen MR) is 131 cm³/mol. The van der Waals surface area contributed by atoms with Crippen LogP contribution in [0.25, 0.3) is 22.5 Å². The molecule has 0 atom stereocenters. The van der Waals surface area contributed by atoms with E-state index in [1.807, 2.05) is 61.5 Å². The molecule has 1 saturated heterocycles. The Kier molecular flexibility index (Phi) is 5.98.